The summed E-state index contributed by atoms with van der Waals surface area (Å²) in [4.78, 5) is 18.2. The Balaban J connectivity index is 1.58. The van der Waals surface area contributed by atoms with Crippen LogP contribution in [0, 0.1) is 6.92 Å². The molecule has 0 saturated heterocycles. The monoisotopic (exact) mass is 400 g/mol. The van der Waals surface area contributed by atoms with Crippen molar-refractivity contribution in [3.05, 3.63) is 59.9 Å². The van der Waals surface area contributed by atoms with Gasteiger partial charge in [0.25, 0.3) is 5.91 Å². The zero-order valence-electron chi connectivity index (χ0n) is 17.2. The number of carbonyl (C=O) groups is 1. The molecule has 30 heavy (non-hydrogen) atoms. The topological polar surface area (TPSA) is 77.6 Å². The molecule has 0 spiro atoms. The molecule has 1 aliphatic carbocycles. The van der Waals surface area contributed by atoms with E-state index in [-0.39, 0.29) is 5.91 Å². The fraction of sp³-hybridized carbons (Fsp3) is 0.304. The van der Waals surface area contributed by atoms with Crippen LogP contribution < -0.4 is 5.32 Å². The summed E-state index contributed by atoms with van der Waals surface area (Å²) >= 11 is 0. The van der Waals surface area contributed by atoms with Gasteiger partial charge in [-0.15, -0.1) is 0 Å². The van der Waals surface area contributed by atoms with E-state index in [1.165, 1.54) is 12.8 Å². The number of carbonyl (C=O) groups excluding carboxylic acids is 1. The minimum atomic E-state index is -0.171. The molecule has 3 aromatic heterocycles. The Hall–Kier alpha value is -3.48. The average Bonchev–Trinajstić information content (AvgIpc) is 3.49. The largest absolute Gasteiger partial charge is 0.307 e. The zero-order chi connectivity index (χ0) is 20.7. The third-order valence-electron chi connectivity index (χ3n) is 5.87. The number of nitrogens with one attached hydrogen (secondary N) is 1. The van der Waals surface area contributed by atoms with E-state index in [9.17, 15) is 4.79 Å². The number of hydrogen-bond donors (Lipinski definition) is 1. The third-order valence-corrected chi connectivity index (χ3v) is 5.87. The van der Waals surface area contributed by atoms with Crippen LogP contribution in [0.15, 0.2) is 48.7 Å². The molecule has 0 atom stereocenters. The number of rotatable bonds is 4. The van der Waals surface area contributed by atoms with E-state index in [2.05, 4.69) is 15.5 Å². The van der Waals surface area contributed by atoms with E-state index >= 15 is 0 Å². The molecule has 0 unspecified atom stereocenters. The molecule has 0 bridgehead atoms. The molecule has 4 aromatic rings. The van der Waals surface area contributed by atoms with Crippen molar-refractivity contribution in [1.29, 1.82) is 0 Å². The summed E-state index contributed by atoms with van der Waals surface area (Å²) in [5.41, 5.74) is 3.77. The van der Waals surface area contributed by atoms with Crippen LogP contribution in [0.5, 0.6) is 0 Å². The number of pyridine rings is 1. The third kappa shape index (κ3) is 3.16. The van der Waals surface area contributed by atoms with E-state index in [1.807, 2.05) is 61.1 Å². The summed E-state index contributed by atoms with van der Waals surface area (Å²) in [6.45, 7) is 1.91. The Kier molecular flexibility index (Phi) is 4.58. The molecule has 0 radical (unpaired) electrons. The first kappa shape index (κ1) is 18.5. The Morgan fingerprint density at radius 1 is 1.13 bits per heavy atom. The molecule has 1 fully saturated rings. The van der Waals surface area contributed by atoms with Gasteiger partial charge in [-0.3, -0.25) is 9.48 Å². The van der Waals surface area contributed by atoms with E-state index in [1.54, 1.807) is 10.9 Å². The van der Waals surface area contributed by atoms with Crippen molar-refractivity contribution in [2.75, 3.05) is 5.32 Å². The van der Waals surface area contributed by atoms with Gasteiger partial charge in [0, 0.05) is 18.7 Å². The van der Waals surface area contributed by atoms with E-state index in [0.29, 0.717) is 17.3 Å². The van der Waals surface area contributed by atoms with Gasteiger partial charge in [-0.2, -0.15) is 10.2 Å². The maximum atomic E-state index is 13.4. The number of amides is 1. The minimum absolute atomic E-state index is 0.171. The molecule has 5 rings (SSSR count). The standard InChI is InChI=1S/C23H24N6O/c1-15-21-18(23(30)26-20-12-13-24-29(20)17-10-6-7-11-17)14-19(16-8-4-3-5-9-16)25-22(21)28(2)27-15/h3-5,8-9,12-14,17H,6-7,10-11H2,1-2H3,(H,26,30). The summed E-state index contributed by atoms with van der Waals surface area (Å²) < 4.78 is 3.69. The van der Waals surface area contributed by atoms with Crippen LogP contribution in [0.3, 0.4) is 0 Å². The maximum Gasteiger partial charge on any atom is 0.257 e. The van der Waals surface area contributed by atoms with Crippen molar-refractivity contribution in [2.24, 2.45) is 7.05 Å². The lowest BCUT2D eigenvalue weighted by Crippen LogP contribution is -2.18. The predicted octanol–water partition coefficient (Wildman–Crippen LogP) is 4.51. The van der Waals surface area contributed by atoms with Gasteiger partial charge in [-0.25, -0.2) is 9.67 Å². The van der Waals surface area contributed by atoms with Crippen LogP contribution in [-0.2, 0) is 7.05 Å². The molecule has 1 aliphatic rings. The highest BCUT2D eigenvalue weighted by atomic mass is 16.1. The van der Waals surface area contributed by atoms with Gasteiger partial charge in [-0.05, 0) is 25.8 Å². The number of hydrogen-bond acceptors (Lipinski definition) is 4. The SMILES string of the molecule is Cc1nn(C)c2nc(-c3ccccc3)cc(C(=O)Nc3ccnn3C3CCCC3)c12. The molecule has 1 N–H and O–H groups in total. The van der Waals surface area contributed by atoms with Crippen molar-refractivity contribution in [2.45, 2.75) is 38.6 Å². The molecule has 7 nitrogen and oxygen atoms in total. The first-order valence-electron chi connectivity index (χ1n) is 10.4. The smallest absolute Gasteiger partial charge is 0.257 e. The molecule has 3 heterocycles. The highest BCUT2D eigenvalue weighted by molar-refractivity contribution is 6.13. The van der Waals surface area contributed by atoms with E-state index in [0.717, 1.165) is 41.0 Å². The van der Waals surface area contributed by atoms with Crippen molar-refractivity contribution in [1.82, 2.24) is 24.5 Å². The number of nitrogens with zero attached hydrogens (tertiary/aromatic N) is 5. The summed E-state index contributed by atoms with van der Waals surface area (Å²) in [5, 5.41) is 12.8. The Morgan fingerprint density at radius 3 is 2.67 bits per heavy atom. The number of aromatic nitrogens is 5. The Labute approximate surface area is 174 Å². The van der Waals surface area contributed by atoms with Crippen LogP contribution in [0.4, 0.5) is 5.82 Å². The second kappa shape index (κ2) is 7.40. The van der Waals surface area contributed by atoms with Crippen LogP contribution in [0.1, 0.15) is 47.8 Å². The summed E-state index contributed by atoms with van der Waals surface area (Å²) in [6.07, 6.45) is 6.37. The van der Waals surface area contributed by atoms with Crippen LogP contribution in [0.25, 0.3) is 22.3 Å². The fourth-order valence-corrected chi connectivity index (χ4v) is 4.42. The molecule has 1 aromatic carbocycles. The number of fused-ring (bicyclic) bond motifs is 1. The molecule has 0 aliphatic heterocycles. The van der Waals surface area contributed by atoms with Crippen LogP contribution in [-0.4, -0.2) is 30.5 Å². The van der Waals surface area contributed by atoms with Crippen LogP contribution in [0.2, 0.25) is 0 Å². The normalized spacial score (nSPS) is 14.5. The quantitative estimate of drug-likeness (QED) is 0.547. The van der Waals surface area contributed by atoms with Crippen molar-refractivity contribution in [3.8, 4) is 11.3 Å². The second-order valence-electron chi connectivity index (χ2n) is 7.88. The van der Waals surface area contributed by atoms with E-state index in [4.69, 9.17) is 4.98 Å². The first-order valence-corrected chi connectivity index (χ1v) is 10.4. The Bertz CT molecular complexity index is 1220. The van der Waals surface area contributed by atoms with Gasteiger partial charge >= 0.3 is 0 Å². The number of benzene rings is 1. The lowest BCUT2D eigenvalue weighted by Gasteiger charge is -2.15. The van der Waals surface area contributed by atoms with E-state index < -0.39 is 0 Å². The molecular weight excluding hydrogens is 376 g/mol. The van der Waals surface area contributed by atoms with Gasteiger partial charge in [0.1, 0.15) is 5.82 Å². The Morgan fingerprint density at radius 2 is 1.90 bits per heavy atom. The highest BCUT2D eigenvalue weighted by Crippen LogP contribution is 2.32. The van der Waals surface area contributed by atoms with Gasteiger partial charge in [0.05, 0.1) is 34.6 Å². The summed E-state index contributed by atoms with van der Waals surface area (Å²) in [6, 6.07) is 14.0. The van der Waals surface area contributed by atoms with Crippen molar-refractivity contribution >= 4 is 22.8 Å². The minimum Gasteiger partial charge on any atom is -0.307 e. The van der Waals surface area contributed by atoms with Crippen LogP contribution >= 0.6 is 0 Å². The highest BCUT2D eigenvalue weighted by Gasteiger charge is 2.23. The molecule has 7 heteroatoms. The molecule has 1 amide bonds. The maximum absolute atomic E-state index is 13.4. The predicted molar refractivity (Wildman–Crippen MR) is 116 cm³/mol. The van der Waals surface area contributed by atoms with Gasteiger partial charge in [0.15, 0.2) is 5.65 Å². The average molecular weight is 400 g/mol. The lowest BCUT2D eigenvalue weighted by molar-refractivity contribution is 0.102. The first-order chi connectivity index (χ1) is 14.6. The van der Waals surface area contributed by atoms with Gasteiger partial charge in [-0.1, -0.05) is 43.2 Å². The zero-order valence-corrected chi connectivity index (χ0v) is 17.2. The van der Waals surface area contributed by atoms with Gasteiger partial charge < -0.3 is 5.32 Å². The summed E-state index contributed by atoms with van der Waals surface area (Å²) in [7, 11) is 1.86. The van der Waals surface area contributed by atoms with Crippen molar-refractivity contribution < 1.29 is 4.79 Å². The molecule has 152 valence electrons. The van der Waals surface area contributed by atoms with Crippen molar-refractivity contribution in [3.63, 3.8) is 0 Å². The summed E-state index contributed by atoms with van der Waals surface area (Å²) in [5.74, 6) is 0.565. The van der Waals surface area contributed by atoms with Gasteiger partial charge in [0.2, 0.25) is 0 Å². The molecule has 1 saturated carbocycles. The fourth-order valence-electron chi connectivity index (χ4n) is 4.42. The second-order valence-corrected chi connectivity index (χ2v) is 7.88. The number of aryl methyl sites for hydroxylation is 2. The molecular formula is C23H24N6O. The lowest BCUT2D eigenvalue weighted by atomic mass is 10.0. The number of anilines is 1.